The van der Waals surface area contributed by atoms with Gasteiger partial charge in [0, 0.05) is 61.7 Å². The maximum Gasteiger partial charge on any atom is 0.253 e. The number of carbonyl (C=O) groups is 2. The van der Waals surface area contributed by atoms with Crippen molar-refractivity contribution < 1.29 is 35.6 Å². The van der Waals surface area contributed by atoms with E-state index in [4.69, 9.17) is 4.74 Å². The fourth-order valence-electron chi connectivity index (χ4n) is 5.63. The number of hydrogen-bond donors (Lipinski definition) is 3. The highest BCUT2D eigenvalue weighted by Crippen LogP contribution is 2.24. The SMILES string of the molecule is COc1cncc(S(=O)(=O)c2ccc(CNC(=O)c3cnc4[nH]ncc4c3)cc2)c1.O=C(NCc1ccc(S(=O)(=O)c2cncc(F)c2)cc1)c1ccc2nccn2c1. The summed E-state index contributed by atoms with van der Waals surface area (Å²) in [5.74, 6) is -0.911. The van der Waals surface area contributed by atoms with Gasteiger partial charge in [0.05, 0.1) is 56.4 Å². The van der Waals surface area contributed by atoms with Crippen molar-refractivity contribution in [1.82, 2.24) is 45.2 Å². The van der Waals surface area contributed by atoms with Crippen LogP contribution >= 0.6 is 0 Å². The predicted octanol–water partition coefficient (Wildman–Crippen LogP) is 4.76. The molecule has 0 radical (unpaired) electrons. The van der Waals surface area contributed by atoms with Gasteiger partial charge in [-0.3, -0.25) is 24.7 Å². The molecule has 0 bridgehead atoms. The van der Waals surface area contributed by atoms with Crippen molar-refractivity contribution in [1.29, 1.82) is 0 Å². The van der Waals surface area contributed by atoms with E-state index in [-0.39, 0.29) is 44.5 Å². The van der Waals surface area contributed by atoms with Gasteiger partial charge in [0.15, 0.2) is 5.65 Å². The quantitative estimate of drug-likeness (QED) is 0.161. The Morgan fingerprint density at radius 3 is 1.93 bits per heavy atom. The topological polar surface area (TPSA) is 220 Å². The van der Waals surface area contributed by atoms with Gasteiger partial charge in [-0.2, -0.15) is 5.10 Å². The van der Waals surface area contributed by atoms with Crippen molar-refractivity contribution in [3.8, 4) is 5.75 Å². The lowest BCUT2D eigenvalue weighted by Gasteiger charge is -2.08. The lowest BCUT2D eigenvalue weighted by Crippen LogP contribution is -2.23. The molecular formula is C40H32FN9O7S2. The lowest BCUT2D eigenvalue weighted by atomic mass is 10.2. The van der Waals surface area contributed by atoms with Crippen molar-refractivity contribution in [3.05, 3.63) is 163 Å². The number of halogens is 1. The first-order valence-electron chi connectivity index (χ1n) is 17.5. The van der Waals surface area contributed by atoms with E-state index < -0.39 is 25.5 Å². The van der Waals surface area contributed by atoms with Crippen LogP contribution in [0.15, 0.2) is 154 Å². The van der Waals surface area contributed by atoms with Crippen LogP contribution in [0.5, 0.6) is 5.75 Å². The Hall–Kier alpha value is -7.38. The van der Waals surface area contributed by atoms with E-state index in [1.165, 1.54) is 56.0 Å². The third kappa shape index (κ3) is 9.11. The number of nitrogens with one attached hydrogen (secondary N) is 3. The van der Waals surface area contributed by atoms with Crippen molar-refractivity contribution >= 4 is 48.2 Å². The third-order valence-corrected chi connectivity index (χ3v) is 12.3. The maximum atomic E-state index is 13.3. The number of H-pyrrole nitrogens is 1. The molecule has 298 valence electrons. The minimum atomic E-state index is -3.87. The Morgan fingerprint density at radius 2 is 1.31 bits per heavy atom. The van der Waals surface area contributed by atoms with Crippen LogP contribution in [0.1, 0.15) is 31.8 Å². The maximum absolute atomic E-state index is 13.3. The molecule has 3 N–H and O–H groups in total. The Balaban J connectivity index is 0.000000179. The number of carbonyl (C=O) groups excluding carboxylic acids is 2. The zero-order valence-corrected chi connectivity index (χ0v) is 32.5. The van der Waals surface area contributed by atoms with E-state index in [1.54, 1.807) is 71.7 Å². The molecule has 0 atom stereocenters. The fourth-order valence-corrected chi connectivity index (χ4v) is 8.10. The van der Waals surface area contributed by atoms with Gasteiger partial charge in [-0.25, -0.2) is 31.2 Å². The zero-order valence-electron chi connectivity index (χ0n) is 30.9. The summed E-state index contributed by atoms with van der Waals surface area (Å²) in [6, 6.07) is 19.8. The number of methoxy groups -OCH3 is 1. The van der Waals surface area contributed by atoms with Crippen LogP contribution in [-0.4, -0.2) is 70.3 Å². The second-order valence-electron chi connectivity index (χ2n) is 12.7. The summed E-state index contributed by atoms with van der Waals surface area (Å²) in [5, 5.41) is 12.9. The molecule has 19 heteroatoms. The molecule has 16 nitrogen and oxygen atoms in total. The molecule has 59 heavy (non-hydrogen) atoms. The second-order valence-corrected chi connectivity index (χ2v) is 16.6. The molecule has 0 aliphatic carbocycles. The van der Waals surface area contributed by atoms with Crippen LogP contribution in [-0.2, 0) is 32.8 Å². The lowest BCUT2D eigenvalue weighted by molar-refractivity contribution is 0.0942. The number of hydrogen-bond acceptors (Lipinski definition) is 12. The highest BCUT2D eigenvalue weighted by atomic mass is 32.2. The molecule has 6 heterocycles. The summed E-state index contributed by atoms with van der Waals surface area (Å²) >= 11 is 0. The largest absolute Gasteiger partial charge is 0.495 e. The van der Waals surface area contributed by atoms with E-state index in [2.05, 4.69) is 40.8 Å². The Morgan fingerprint density at radius 1 is 0.695 bits per heavy atom. The van der Waals surface area contributed by atoms with Crippen molar-refractivity contribution in [3.63, 3.8) is 0 Å². The summed E-state index contributed by atoms with van der Waals surface area (Å²) in [6.07, 6.45) is 12.9. The number of imidazole rings is 1. The van der Waals surface area contributed by atoms with Gasteiger partial charge in [0.25, 0.3) is 11.8 Å². The summed E-state index contributed by atoms with van der Waals surface area (Å²) in [5.41, 5.74) is 3.71. The molecule has 0 fully saturated rings. The first-order valence-corrected chi connectivity index (χ1v) is 20.4. The second kappa shape index (κ2) is 17.0. The summed E-state index contributed by atoms with van der Waals surface area (Å²) in [6.45, 7) is 0.464. The Labute approximate surface area is 336 Å². The molecule has 8 aromatic rings. The highest BCUT2D eigenvalue weighted by Gasteiger charge is 2.20. The standard InChI is InChI=1S/C20H15FN4O3S.C20H17N5O4S/c21-16-9-18(12-22-11-16)29(27,28)17-4-1-14(2-5-17)10-24-20(26)15-3-6-19-23-7-8-25(19)13-15;1-29-16-7-18(12-21-11-16)30(27,28)17-4-2-13(3-5-17)8-23-20(26)15-6-14-10-24-25-19(14)22-9-15/h1-9,11-13H,10H2,(H,24,26);2-7,9-12H,8H2,1H3,(H,23,26)(H,22,24,25). The van der Waals surface area contributed by atoms with Crippen LogP contribution in [0.3, 0.4) is 0 Å². The van der Waals surface area contributed by atoms with Gasteiger partial charge in [0.2, 0.25) is 19.7 Å². The van der Waals surface area contributed by atoms with E-state index in [0.29, 0.717) is 22.5 Å². The molecule has 2 amide bonds. The van der Waals surface area contributed by atoms with Crippen LogP contribution < -0.4 is 15.4 Å². The Kier molecular flexibility index (Phi) is 11.5. The van der Waals surface area contributed by atoms with Gasteiger partial charge in [-0.15, -0.1) is 0 Å². The fraction of sp³-hybridized carbons (Fsp3) is 0.0750. The summed E-state index contributed by atoms with van der Waals surface area (Å²) in [4.78, 5) is 40.4. The summed E-state index contributed by atoms with van der Waals surface area (Å²) in [7, 11) is -6.15. The minimum Gasteiger partial charge on any atom is -0.495 e. The van der Waals surface area contributed by atoms with E-state index in [9.17, 15) is 30.8 Å². The average molecular weight is 834 g/mol. The van der Waals surface area contributed by atoms with Crippen molar-refractivity contribution in [2.75, 3.05) is 7.11 Å². The van der Waals surface area contributed by atoms with Gasteiger partial charge in [0.1, 0.15) is 17.2 Å². The molecular weight excluding hydrogens is 802 g/mol. The van der Waals surface area contributed by atoms with Crippen molar-refractivity contribution in [2.45, 2.75) is 32.7 Å². The number of nitrogens with zero attached hydrogens (tertiary/aromatic N) is 6. The van der Waals surface area contributed by atoms with Crippen molar-refractivity contribution in [2.24, 2.45) is 0 Å². The number of fused-ring (bicyclic) bond motifs is 2. The molecule has 8 rings (SSSR count). The monoisotopic (exact) mass is 833 g/mol. The third-order valence-electron chi connectivity index (χ3n) is 8.80. The van der Waals surface area contributed by atoms with Gasteiger partial charge in [-0.1, -0.05) is 24.3 Å². The number of amides is 2. The van der Waals surface area contributed by atoms with Gasteiger partial charge >= 0.3 is 0 Å². The Bertz CT molecular complexity index is 3030. The normalized spacial score (nSPS) is 11.4. The van der Waals surface area contributed by atoms with Gasteiger partial charge in [-0.05, 0) is 59.7 Å². The minimum absolute atomic E-state index is 0.0190. The molecule has 2 aromatic carbocycles. The average Bonchev–Trinajstić information content (AvgIpc) is 3.95. The number of sulfone groups is 2. The van der Waals surface area contributed by atoms with Crippen LogP contribution in [0.2, 0.25) is 0 Å². The summed E-state index contributed by atoms with van der Waals surface area (Å²) < 4.78 is 70.7. The van der Waals surface area contributed by atoms with E-state index in [1.807, 2.05) is 0 Å². The number of ether oxygens (including phenoxy) is 1. The smallest absolute Gasteiger partial charge is 0.253 e. The van der Waals surface area contributed by atoms with E-state index in [0.717, 1.165) is 40.6 Å². The molecule has 0 spiro atoms. The molecule has 0 saturated heterocycles. The molecule has 0 saturated carbocycles. The van der Waals surface area contributed by atoms with E-state index >= 15 is 0 Å². The number of benzene rings is 2. The number of pyridine rings is 4. The highest BCUT2D eigenvalue weighted by molar-refractivity contribution is 7.91. The number of aromatic nitrogens is 7. The van der Waals surface area contributed by atoms with Crippen LogP contribution in [0.4, 0.5) is 4.39 Å². The van der Waals surface area contributed by atoms with Crippen LogP contribution in [0.25, 0.3) is 16.7 Å². The zero-order chi connectivity index (χ0) is 41.6. The molecule has 0 aliphatic heterocycles. The van der Waals surface area contributed by atoms with Gasteiger partial charge < -0.3 is 19.8 Å². The van der Waals surface area contributed by atoms with Crippen LogP contribution in [0, 0.1) is 5.82 Å². The molecule has 0 aliphatic rings. The predicted molar refractivity (Wildman–Crippen MR) is 210 cm³/mol. The first kappa shape index (κ1) is 39.8. The molecule has 6 aromatic heterocycles. The number of rotatable bonds is 11. The molecule has 0 unspecified atom stereocenters. The first-order chi connectivity index (χ1) is 28.4. The number of aromatic amines is 1.